The number of aliphatic hydroxyl groups is 1. The average molecular weight is 361 g/mol. The van der Waals surface area contributed by atoms with Gasteiger partial charge in [0.15, 0.2) is 17.0 Å². The van der Waals surface area contributed by atoms with Crippen molar-refractivity contribution in [3.63, 3.8) is 0 Å². The molecule has 1 aromatic carbocycles. The van der Waals surface area contributed by atoms with E-state index >= 15 is 0 Å². The zero-order valence-electron chi connectivity index (χ0n) is 14.2. The van der Waals surface area contributed by atoms with Crippen LogP contribution in [0.15, 0.2) is 30.6 Å². The molecule has 0 aliphatic rings. The zero-order chi connectivity index (χ0) is 17.8. The lowest BCUT2D eigenvalue weighted by Crippen LogP contribution is -2.24. The highest BCUT2D eigenvalue weighted by molar-refractivity contribution is 6.30. The number of nitrogens with zero attached hydrogens (tertiary/aromatic N) is 4. The first kappa shape index (κ1) is 17.4. The van der Waals surface area contributed by atoms with Crippen molar-refractivity contribution in [3.8, 4) is 0 Å². The van der Waals surface area contributed by atoms with Gasteiger partial charge in [0.1, 0.15) is 0 Å². The average Bonchev–Trinajstić information content (AvgIpc) is 3.03. The molecule has 3 aromatic rings. The highest BCUT2D eigenvalue weighted by Crippen LogP contribution is 2.26. The summed E-state index contributed by atoms with van der Waals surface area (Å²) in [6.45, 7) is 4.79. The van der Waals surface area contributed by atoms with E-state index in [0.29, 0.717) is 22.3 Å². The standard InChI is InChI=1S/C17H21ClN6O/c1-3-12(9-25)21-17-22-15(20-13-7-5-6-11(18)8-13)14-16(23-17)24(4-2)10-19-14/h5-8,10,12,25H,3-4,9H2,1-2H3,(H2,20,21,22,23)/t12-/m1/s1. The maximum atomic E-state index is 9.43. The number of anilines is 3. The van der Waals surface area contributed by atoms with Gasteiger partial charge in [0.05, 0.1) is 19.0 Å². The summed E-state index contributed by atoms with van der Waals surface area (Å²) in [7, 11) is 0. The molecule has 0 unspecified atom stereocenters. The van der Waals surface area contributed by atoms with E-state index in [4.69, 9.17) is 11.6 Å². The summed E-state index contributed by atoms with van der Waals surface area (Å²) < 4.78 is 1.95. The largest absolute Gasteiger partial charge is 0.394 e. The second-order valence-corrected chi connectivity index (χ2v) is 6.10. The van der Waals surface area contributed by atoms with Gasteiger partial charge in [0.25, 0.3) is 0 Å². The molecular weight excluding hydrogens is 340 g/mol. The van der Waals surface area contributed by atoms with E-state index in [1.165, 1.54) is 0 Å². The number of hydrogen-bond acceptors (Lipinski definition) is 6. The van der Waals surface area contributed by atoms with Crippen LogP contribution in [0.5, 0.6) is 0 Å². The fourth-order valence-electron chi connectivity index (χ4n) is 2.49. The predicted octanol–water partition coefficient (Wildman–Crippen LogP) is 3.43. The molecule has 132 valence electrons. The van der Waals surface area contributed by atoms with E-state index in [-0.39, 0.29) is 12.6 Å². The van der Waals surface area contributed by atoms with E-state index in [1.54, 1.807) is 6.33 Å². The summed E-state index contributed by atoms with van der Waals surface area (Å²) >= 11 is 6.06. The van der Waals surface area contributed by atoms with E-state index in [1.807, 2.05) is 42.7 Å². The normalized spacial score (nSPS) is 12.3. The van der Waals surface area contributed by atoms with Crippen LogP contribution in [0.3, 0.4) is 0 Å². The van der Waals surface area contributed by atoms with Crippen molar-refractivity contribution < 1.29 is 5.11 Å². The molecule has 3 N–H and O–H groups in total. The molecule has 8 heteroatoms. The van der Waals surface area contributed by atoms with Gasteiger partial charge in [-0.25, -0.2) is 4.98 Å². The lowest BCUT2D eigenvalue weighted by Gasteiger charge is -2.15. The molecule has 3 rings (SSSR count). The number of aromatic nitrogens is 4. The van der Waals surface area contributed by atoms with Gasteiger partial charge in [-0.15, -0.1) is 0 Å². The molecule has 0 saturated heterocycles. The molecule has 0 fully saturated rings. The Bertz CT molecular complexity index is 861. The van der Waals surface area contributed by atoms with E-state index in [9.17, 15) is 5.11 Å². The maximum absolute atomic E-state index is 9.43. The fraction of sp³-hybridized carbons (Fsp3) is 0.353. The lowest BCUT2D eigenvalue weighted by atomic mass is 10.2. The Labute approximate surface area is 151 Å². The van der Waals surface area contributed by atoms with Crippen molar-refractivity contribution in [1.82, 2.24) is 19.5 Å². The molecule has 2 aromatic heterocycles. The van der Waals surface area contributed by atoms with Crippen molar-refractivity contribution in [1.29, 1.82) is 0 Å². The first-order valence-corrected chi connectivity index (χ1v) is 8.65. The van der Waals surface area contributed by atoms with Gasteiger partial charge in [-0.2, -0.15) is 9.97 Å². The second kappa shape index (κ2) is 7.67. The van der Waals surface area contributed by atoms with E-state index in [2.05, 4.69) is 25.6 Å². The van der Waals surface area contributed by atoms with Gasteiger partial charge in [-0.1, -0.05) is 24.6 Å². The molecule has 0 aliphatic carbocycles. The van der Waals surface area contributed by atoms with Crippen LogP contribution < -0.4 is 10.6 Å². The minimum Gasteiger partial charge on any atom is -0.394 e. The van der Waals surface area contributed by atoms with E-state index < -0.39 is 0 Å². The van der Waals surface area contributed by atoms with Gasteiger partial charge in [-0.05, 0) is 31.5 Å². The Hall–Kier alpha value is -2.38. The van der Waals surface area contributed by atoms with Crippen molar-refractivity contribution >= 4 is 40.2 Å². The summed E-state index contributed by atoms with van der Waals surface area (Å²) in [4.78, 5) is 13.5. The van der Waals surface area contributed by atoms with Crippen LogP contribution in [-0.4, -0.2) is 37.3 Å². The van der Waals surface area contributed by atoms with Crippen LogP contribution >= 0.6 is 11.6 Å². The maximum Gasteiger partial charge on any atom is 0.227 e. The third kappa shape index (κ3) is 3.83. The van der Waals surface area contributed by atoms with Gasteiger partial charge in [0.2, 0.25) is 5.95 Å². The number of hydrogen-bond donors (Lipinski definition) is 3. The molecular formula is C17H21ClN6O. The van der Waals surface area contributed by atoms with E-state index in [0.717, 1.165) is 24.3 Å². The van der Waals surface area contributed by atoms with Gasteiger partial charge >= 0.3 is 0 Å². The summed E-state index contributed by atoms with van der Waals surface area (Å²) in [6, 6.07) is 7.31. The zero-order valence-corrected chi connectivity index (χ0v) is 15.0. The van der Waals surface area contributed by atoms with Gasteiger partial charge in [0, 0.05) is 17.3 Å². The Morgan fingerprint density at radius 2 is 2.12 bits per heavy atom. The molecule has 25 heavy (non-hydrogen) atoms. The first-order valence-electron chi connectivity index (χ1n) is 8.27. The van der Waals surface area contributed by atoms with Crippen LogP contribution in [0.1, 0.15) is 20.3 Å². The minimum atomic E-state index is -0.102. The monoisotopic (exact) mass is 360 g/mol. The number of fused-ring (bicyclic) bond motifs is 1. The van der Waals surface area contributed by atoms with Crippen LogP contribution in [-0.2, 0) is 6.54 Å². The quantitative estimate of drug-likeness (QED) is 0.598. The molecule has 0 spiro atoms. The molecule has 7 nitrogen and oxygen atoms in total. The van der Waals surface area contributed by atoms with Crippen LogP contribution in [0.2, 0.25) is 5.02 Å². The van der Waals surface area contributed by atoms with Gasteiger partial charge in [-0.3, -0.25) is 0 Å². The molecule has 0 amide bonds. The van der Waals surface area contributed by atoms with Crippen LogP contribution in [0.25, 0.3) is 11.2 Å². The number of benzene rings is 1. The second-order valence-electron chi connectivity index (χ2n) is 5.67. The SMILES string of the molecule is CC[C@H](CO)Nc1nc(Nc2cccc(Cl)c2)c2ncn(CC)c2n1. The summed E-state index contributed by atoms with van der Waals surface area (Å²) in [5, 5.41) is 16.5. The van der Waals surface area contributed by atoms with Gasteiger partial charge < -0.3 is 20.3 Å². The summed E-state index contributed by atoms with van der Waals surface area (Å²) in [5.41, 5.74) is 2.24. The Morgan fingerprint density at radius 1 is 1.28 bits per heavy atom. The first-order chi connectivity index (χ1) is 12.1. The minimum absolute atomic E-state index is 0.0159. The molecule has 0 radical (unpaired) electrons. The third-order valence-electron chi connectivity index (χ3n) is 3.94. The molecule has 0 aliphatic heterocycles. The van der Waals surface area contributed by atoms with Crippen molar-refractivity contribution in [2.45, 2.75) is 32.9 Å². The highest BCUT2D eigenvalue weighted by atomic mass is 35.5. The number of aliphatic hydroxyl groups excluding tert-OH is 1. The number of aryl methyl sites for hydroxylation is 1. The smallest absolute Gasteiger partial charge is 0.227 e. The van der Waals surface area contributed by atoms with Crippen LogP contribution in [0.4, 0.5) is 17.5 Å². The summed E-state index contributed by atoms with van der Waals surface area (Å²) in [5.74, 6) is 1.04. The Kier molecular flexibility index (Phi) is 5.35. The highest BCUT2D eigenvalue weighted by Gasteiger charge is 2.15. The summed E-state index contributed by atoms with van der Waals surface area (Å²) in [6.07, 6.45) is 2.51. The van der Waals surface area contributed by atoms with Crippen molar-refractivity contribution in [2.75, 3.05) is 17.2 Å². The molecule has 0 bridgehead atoms. The number of halogens is 1. The molecule has 0 saturated carbocycles. The third-order valence-corrected chi connectivity index (χ3v) is 4.17. The Morgan fingerprint density at radius 3 is 2.80 bits per heavy atom. The lowest BCUT2D eigenvalue weighted by molar-refractivity contribution is 0.271. The topological polar surface area (TPSA) is 87.9 Å². The number of rotatable bonds is 7. The Balaban J connectivity index is 2.04. The van der Waals surface area contributed by atoms with Crippen molar-refractivity contribution in [3.05, 3.63) is 35.6 Å². The number of nitrogens with one attached hydrogen (secondary N) is 2. The van der Waals surface area contributed by atoms with Crippen molar-refractivity contribution in [2.24, 2.45) is 0 Å². The predicted molar refractivity (Wildman–Crippen MR) is 101 cm³/mol. The number of imidazole rings is 1. The molecule has 1 atom stereocenters. The molecule has 2 heterocycles. The van der Waals surface area contributed by atoms with Crippen LogP contribution in [0, 0.1) is 0 Å². The fourth-order valence-corrected chi connectivity index (χ4v) is 2.68.